The van der Waals surface area contributed by atoms with Gasteiger partial charge in [-0.05, 0) is 12.3 Å². The highest BCUT2D eigenvalue weighted by Gasteiger charge is 2.17. The van der Waals surface area contributed by atoms with Crippen LogP contribution >= 0.6 is 0 Å². The van der Waals surface area contributed by atoms with Crippen LogP contribution in [0.1, 0.15) is 51.1 Å². The molecule has 1 amide bonds. The lowest BCUT2D eigenvalue weighted by Gasteiger charge is -2.14. The van der Waals surface area contributed by atoms with Crippen LogP contribution in [0.2, 0.25) is 0 Å². The highest BCUT2D eigenvalue weighted by atomic mass is 16.5. The lowest BCUT2D eigenvalue weighted by atomic mass is 10.0. The van der Waals surface area contributed by atoms with Crippen molar-refractivity contribution < 1.29 is 14.4 Å². The summed E-state index contributed by atoms with van der Waals surface area (Å²) in [5.41, 5.74) is 1.86. The molecule has 0 spiro atoms. The first-order valence-electron chi connectivity index (χ1n) is 6.90. The highest BCUT2D eigenvalue weighted by Crippen LogP contribution is 2.15. The first-order valence-corrected chi connectivity index (χ1v) is 6.90. The number of nitrogens with one attached hydrogen (secondary N) is 1. The van der Waals surface area contributed by atoms with Crippen molar-refractivity contribution in [2.24, 2.45) is 5.92 Å². The third-order valence-electron chi connectivity index (χ3n) is 3.23. The van der Waals surface area contributed by atoms with Gasteiger partial charge >= 0.3 is 0 Å². The summed E-state index contributed by atoms with van der Waals surface area (Å²) in [7, 11) is 0. The Morgan fingerprint density at radius 3 is 2.58 bits per heavy atom. The maximum atomic E-state index is 11.7. The van der Waals surface area contributed by atoms with Crippen LogP contribution in [0.5, 0.6) is 0 Å². The second kappa shape index (κ2) is 7.28. The van der Waals surface area contributed by atoms with E-state index in [0.717, 1.165) is 29.9 Å². The SMILES string of the molecule is CCc1noc(CC)c1CNC(=O)CC(O)C(C)C. The van der Waals surface area contributed by atoms with Crippen LogP contribution in [0, 0.1) is 5.92 Å². The third-order valence-corrected chi connectivity index (χ3v) is 3.23. The van der Waals surface area contributed by atoms with Crippen molar-refractivity contribution in [3.05, 3.63) is 17.0 Å². The van der Waals surface area contributed by atoms with Crippen molar-refractivity contribution in [3.8, 4) is 0 Å². The zero-order chi connectivity index (χ0) is 14.4. The molecule has 0 aromatic carbocycles. The monoisotopic (exact) mass is 268 g/mol. The van der Waals surface area contributed by atoms with E-state index in [1.165, 1.54) is 0 Å². The number of carbonyl (C=O) groups excluding carboxylic acids is 1. The maximum absolute atomic E-state index is 11.7. The predicted octanol–water partition coefficient (Wildman–Crippen LogP) is 1.82. The maximum Gasteiger partial charge on any atom is 0.222 e. The Balaban J connectivity index is 2.56. The molecular weight excluding hydrogens is 244 g/mol. The fourth-order valence-electron chi connectivity index (χ4n) is 1.82. The third kappa shape index (κ3) is 4.35. The number of amides is 1. The molecule has 1 rings (SSSR count). The number of aromatic nitrogens is 1. The van der Waals surface area contributed by atoms with Gasteiger partial charge in [0.2, 0.25) is 5.91 Å². The van der Waals surface area contributed by atoms with Gasteiger partial charge in [-0.25, -0.2) is 0 Å². The summed E-state index contributed by atoms with van der Waals surface area (Å²) >= 11 is 0. The van der Waals surface area contributed by atoms with Crippen LogP contribution in [0.4, 0.5) is 0 Å². The standard InChI is InChI=1S/C14H24N2O3/c1-5-11-10(13(6-2)19-16-11)8-15-14(18)7-12(17)9(3)4/h9,12,17H,5-8H2,1-4H3,(H,15,18). The number of hydrogen-bond acceptors (Lipinski definition) is 4. The largest absolute Gasteiger partial charge is 0.392 e. The zero-order valence-corrected chi connectivity index (χ0v) is 12.2. The number of rotatable bonds is 7. The van der Waals surface area contributed by atoms with Gasteiger partial charge in [0.25, 0.3) is 0 Å². The van der Waals surface area contributed by atoms with Gasteiger partial charge in [-0.2, -0.15) is 0 Å². The fraction of sp³-hybridized carbons (Fsp3) is 0.714. The molecule has 5 heteroatoms. The van der Waals surface area contributed by atoms with Gasteiger partial charge in [0.15, 0.2) is 0 Å². The molecule has 0 radical (unpaired) electrons. The number of hydrogen-bond donors (Lipinski definition) is 2. The van der Waals surface area contributed by atoms with E-state index in [2.05, 4.69) is 10.5 Å². The van der Waals surface area contributed by atoms with E-state index in [1.807, 2.05) is 27.7 Å². The fourth-order valence-corrected chi connectivity index (χ4v) is 1.82. The summed E-state index contributed by atoms with van der Waals surface area (Å²) in [5, 5.41) is 16.5. The molecule has 1 unspecified atom stereocenters. The van der Waals surface area contributed by atoms with E-state index >= 15 is 0 Å². The van der Waals surface area contributed by atoms with Crippen LogP contribution in [0.15, 0.2) is 4.52 Å². The van der Waals surface area contributed by atoms with Gasteiger partial charge in [-0.15, -0.1) is 0 Å². The Labute approximate surface area is 114 Å². The molecule has 0 fully saturated rings. The van der Waals surface area contributed by atoms with E-state index in [4.69, 9.17) is 4.52 Å². The Kier molecular flexibility index (Phi) is 6.02. The number of nitrogens with zero attached hydrogens (tertiary/aromatic N) is 1. The first kappa shape index (κ1) is 15.7. The zero-order valence-electron chi connectivity index (χ0n) is 12.2. The molecule has 0 aliphatic heterocycles. The van der Waals surface area contributed by atoms with Crippen LogP contribution in [0.3, 0.4) is 0 Å². The highest BCUT2D eigenvalue weighted by molar-refractivity contribution is 5.76. The Bertz CT molecular complexity index is 391. The van der Waals surface area contributed by atoms with Crippen LogP contribution in [-0.4, -0.2) is 22.3 Å². The molecule has 1 heterocycles. The van der Waals surface area contributed by atoms with Gasteiger partial charge in [0.1, 0.15) is 5.76 Å². The van der Waals surface area contributed by atoms with Crippen molar-refractivity contribution in [1.29, 1.82) is 0 Å². The van der Waals surface area contributed by atoms with Crippen molar-refractivity contribution >= 4 is 5.91 Å². The molecule has 0 saturated heterocycles. The quantitative estimate of drug-likeness (QED) is 0.791. The summed E-state index contributed by atoms with van der Waals surface area (Å²) in [6.07, 6.45) is 1.07. The summed E-state index contributed by atoms with van der Waals surface area (Å²) in [6.45, 7) is 8.20. The number of aliphatic hydroxyl groups excluding tert-OH is 1. The van der Waals surface area contributed by atoms with Crippen LogP contribution < -0.4 is 5.32 Å². The van der Waals surface area contributed by atoms with Crippen LogP contribution in [0.25, 0.3) is 0 Å². The van der Waals surface area contributed by atoms with E-state index in [1.54, 1.807) is 0 Å². The lowest BCUT2D eigenvalue weighted by molar-refractivity contribution is -0.123. The minimum atomic E-state index is -0.598. The average molecular weight is 268 g/mol. The van der Waals surface area contributed by atoms with Gasteiger partial charge in [-0.1, -0.05) is 32.9 Å². The Morgan fingerprint density at radius 2 is 2.05 bits per heavy atom. The minimum absolute atomic E-state index is 0.0822. The molecule has 0 aliphatic rings. The van der Waals surface area contributed by atoms with E-state index in [-0.39, 0.29) is 18.2 Å². The molecule has 0 aliphatic carbocycles. The smallest absolute Gasteiger partial charge is 0.222 e. The van der Waals surface area contributed by atoms with E-state index in [0.29, 0.717) is 6.54 Å². The molecule has 5 nitrogen and oxygen atoms in total. The summed E-state index contributed by atoms with van der Waals surface area (Å²) in [4.78, 5) is 11.7. The molecule has 108 valence electrons. The second-order valence-electron chi connectivity index (χ2n) is 5.03. The second-order valence-corrected chi connectivity index (χ2v) is 5.03. The van der Waals surface area contributed by atoms with Crippen molar-refractivity contribution in [2.45, 2.75) is 59.6 Å². The van der Waals surface area contributed by atoms with Crippen LogP contribution in [-0.2, 0) is 24.2 Å². The number of aliphatic hydroxyl groups is 1. The van der Waals surface area contributed by atoms with Crippen molar-refractivity contribution in [3.63, 3.8) is 0 Å². The van der Waals surface area contributed by atoms with Gasteiger partial charge in [0, 0.05) is 18.5 Å². The molecular formula is C14H24N2O3. The lowest BCUT2D eigenvalue weighted by Crippen LogP contribution is -2.29. The Hall–Kier alpha value is -1.36. The van der Waals surface area contributed by atoms with E-state index < -0.39 is 6.10 Å². The van der Waals surface area contributed by atoms with E-state index in [9.17, 15) is 9.90 Å². The Morgan fingerprint density at radius 1 is 1.37 bits per heavy atom. The van der Waals surface area contributed by atoms with Gasteiger partial charge < -0.3 is 14.9 Å². The average Bonchev–Trinajstić information content (AvgIpc) is 2.77. The molecule has 1 aromatic rings. The molecule has 2 N–H and O–H groups in total. The molecule has 1 atom stereocenters. The van der Waals surface area contributed by atoms with Crippen molar-refractivity contribution in [1.82, 2.24) is 10.5 Å². The number of aryl methyl sites for hydroxylation is 2. The normalized spacial score (nSPS) is 12.7. The van der Waals surface area contributed by atoms with Crippen molar-refractivity contribution in [2.75, 3.05) is 0 Å². The summed E-state index contributed by atoms with van der Waals surface area (Å²) < 4.78 is 5.24. The minimum Gasteiger partial charge on any atom is -0.392 e. The van der Waals surface area contributed by atoms with Gasteiger partial charge in [0.05, 0.1) is 18.2 Å². The first-order chi connectivity index (χ1) is 8.99. The topological polar surface area (TPSA) is 75.4 Å². The summed E-state index contributed by atoms with van der Waals surface area (Å²) in [6, 6.07) is 0. The molecule has 1 aromatic heterocycles. The van der Waals surface area contributed by atoms with Gasteiger partial charge in [-0.3, -0.25) is 4.79 Å². The molecule has 19 heavy (non-hydrogen) atoms. The molecule has 0 saturated carbocycles. The predicted molar refractivity (Wildman–Crippen MR) is 72.6 cm³/mol. The number of carbonyl (C=O) groups is 1. The molecule has 0 bridgehead atoms. The summed E-state index contributed by atoms with van der Waals surface area (Å²) in [5.74, 6) is 0.756.